The second kappa shape index (κ2) is 5.56. The standard InChI is InChI=1S/C21H17N3O/c25-21-18-11-5-14(4-8-16-3-1-2-12-22-16)13-19(18)23-20-15-6-9-17(10-7-15)24(20)21/h1-3,5,11-13,15,17H,6-7,9-10H2. The van der Waals surface area contributed by atoms with Crippen LogP contribution in [-0.4, -0.2) is 14.5 Å². The van der Waals surface area contributed by atoms with Crippen LogP contribution in [-0.2, 0) is 0 Å². The molecule has 6 rings (SSSR count). The van der Waals surface area contributed by atoms with Gasteiger partial charge in [0.15, 0.2) is 0 Å². The Labute approximate surface area is 145 Å². The van der Waals surface area contributed by atoms with Crippen molar-refractivity contribution in [3.63, 3.8) is 0 Å². The lowest BCUT2D eigenvalue weighted by Gasteiger charge is -2.38. The van der Waals surface area contributed by atoms with Crippen LogP contribution in [0.3, 0.4) is 0 Å². The van der Waals surface area contributed by atoms with E-state index in [9.17, 15) is 4.79 Å². The van der Waals surface area contributed by atoms with Crippen LogP contribution in [0.25, 0.3) is 10.9 Å². The summed E-state index contributed by atoms with van der Waals surface area (Å²) >= 11 is 0. The van der Waals surface area contributed by atoms with Gasteiger partial charge in [0.1, 0.15) is 11.5 Å². The van der Waals surface area contributed by atoms with E-state index in [0.717, 1.165) is 48.3 Å². The van der Waals surface area contributed by atoms with E-state index >= 15 is 0 Å². The molecule has 3 aromatic rings. The van der Waals surface area contributed by atoms with Crippen molar-refractivity contribution < 1.29 is 0 Å². The molecule has 4 heterocycles. The smallest absolute Gasteiger partial charge is 0.261 e. The maximum Gasteiger partial charge on any atom is 0.261 e. The number of aromatic nitrogens is 3. The monoisotopic (exact) mass is 327 g/mol. The minimum Gasteiger partial charge on any atom is -0.293 e. The van der Waals surface area contributed by atoms with E-state index in [4.69, 9.17) is 4.98 Å². The summed E-state index contributed by atoms with van der Waals surface area (Å²) in [5.41, 5.74) is 2.46. The molecular weight excluding hydrogens is 310 g/mol. The first-order valence-electron chi connectivity index (χ1n) is 8.79. The summed E-state index contributed by atoms with van der Waals surface area (Å²) in [6.07, 6.45) is 6.26. The number of benzene rings is 1. The summed E-state index contributed by atoms with van der Waals surface area (Å²) in [4.78, 5) is 22.0. The fourth-order valence-corrected chi connectivity index (χ4v) is 4.10. The van der Waals surface area contributed by atoms with E-state index in [1.165, 1.54) is 0 Å². The van der Waals surface area contributed by atoms with Gasteiger partial charge >= 0.3 is 0 Å². The molecule has 0 saturated heterocycles. The molecule has 122 valence electrons. The Balaban J connectivity index is 1.63. The first-order valence-corrected chi connectivity index (χ1v) is 8.79. The summed E-state index contributed by atoms with van der Waals surface area (Å²) in [5, 5.41) is 0.694. The lowest BCUT2D eigenvalue weighted by atomic mass is 9.81. The minimum atomic E-state index is 0.110. The zero-order chi connectivity index (χ0) is 16.8. The Hall–Kier alpha value is -2.93. The fraction of sp³-hybridized carbons (Fsp3) is 0.286. The first-order chi connectivity index (χ1) is 12.3. The normalized spacial score (nSPS) is 20.8. The van der Waals surface area contributed by atoms with Crippen LogP contribution in [0.4, 0.5) is 0 Å². The number of hydrogen-bond donors (Lipinski definition) is 0. The molecule has 2 aromatic heterocycles. The highest BCUT2D eigenvalue weighted by Gasteiger charge is 2.35. The molecule has 0 amide bonds. The third-order valence-electron chi connectivity index (χ3n) is 5.36. The van der Waals surface area contributed by atoms with E-state index in [0.29, 0.717) is 17.3 Å². The van der Waals surface area contributed by atoms with Crippen molar-refractivity contribution in [2.45, 2.75) is 37.6 Å². The molecule has 25 heavy (non-hydrogen) atoms. The molecular formula is C21H17N3O. The van der Waals surface area contributed by atoms with Gasteiger partial charge in [0.25, 0.3) is 5.56 Å². The van der Waals surface area contributed by atoms with Crippen molar-refractivity contribution in [3.8, 4) is 11.8 Å². The van der Waals surface area contributed by atoms with Gasteiger partial charge in [0.2, 0.25) is 0 Å². The summed E-state index contributed by atoms with van der Waals surface area (Å²) < 4.78 is 1.96. The quantitative estimate of drug-likeness (QED) is 0.595. The van der Waals surface area contributed by atoms with Crippen molar-refractivity contribution in [2.24, 2.45) is 0 Å². The molecule has 4 nitrogen and oxygen atoms in total. The topological polar surface area (TPSA) is 47.8 Å². The number of fused-ring (bicyclic) bond motifs is 3. The largest absolute Gasteiger partial charge is 0.293 e. The van der Waals surface area contributed by atoms with Gasteiger partial charge in [-0.3, -0.25) is 9.36 Å². The van der Waals surface area contributed by atoms with E-state index in [1.807, 2.05) is 41.0 Å². The zero-order valence-electron chi connectivity index (χ0n) is 13.8. The van der Waals surface area contributed by atoms with E-state index < -0.39 is 0 Å². The molecule has 2 bridgehead atoms. The average Bonchev–Trinajstić information content (AvgIpc) is 2.68. The lowest BCUT2D eigenvalue weighted by Crippen LogP contribution is -2.38. The molecule has 0 unspecified atom stereocenters. The van der Waals surface area contributed by atoms with Crippen LogP contribution in [0.1, 0.15) is 54.7 Å². The molecule has 1 saturated carbocycles. The van der Waals surface area contributed by atoms with Crippen LogP contribution < -0.4 is 5.56 Å². The highest BCUT2D eigenvalue weighted by molar-refractivity contribution is 5.79. The lowest BCUT2D eigenvalue weighted by molar-refractivity contribution is 0.244. The van der Waals surface area contributed by atoms with Gasteiger partial charge in [-0.15, -0.1) is 0 Å². The van der Waals surface area contributed by atoms with Crippen molar-refractivity contribution in [1.82, 2.24) is 14.5 Å². The fourth-order valence-electron chi connectivity index (χ4n) is 4.10. The summed E-state index contributed by atoms with van der Waals surface area (Å²) in [7, 11) is 0. The molecule has 1 fully saturated rings. The Morgan fingerprint density at radius 3 is 2.72 bits per heavy atom. The Morgan fingerprint density at radius 2 is 1.92 bits per heavy atom. The maximum absolute atomic E-state index is 12.9. The van der Waals surface area contributed by atoms with Gasteiger partial charge in [0, 0.05) is 23.7 Å². The van der Waals surface area contributed by atoms with Gasteiger partial charge in [-0.1, -0.05) is 12.0 Å². The second-order valence-electron chi connectivity index (χ2n) is 6.85. The van der Waals surface area contributed by atoms with Crippen molar-refractivity contribution >= 4 is 10.9 Å². The van der Waals surface area contributed by atoms with Crippen molar-refractivity contribution in [2.75, 3.05) is 0 Å². The van der Waals surface area contributed by atoms with Gasteiger partial charge in [-0.05, 0) is 61.9 Å². The van der Waals surface area contributed by atoms with Crippen LogP contribution in [0.15, 0.2) is 47.4 Å². The van der Waals surface area contributed by atoms with Crippen LogP contribution in [0.2, 0.25) is 0 Å². The second-order valence-corrected chi connectivity index (χ2v) is 6.85. The SMILES string of the molecule is O=c1c2ccc(C#Cc3ccccn3)cc2nc2n1C1CCC2CC1. The Bertz CT molecular complexity index is 1080. The Kier molecular flexibility index (Phi) is 3.21. The molecule has 2 aliphatic heterocycles. The predicted octanol–water partition coefficient (Wildman–Crippen LogP) is 3.40. The van der Waals surface area contributed by atoms with Crippen LogP contribution >= 0.6 is 0 Å². The zero-order valence-corrected chi connectivity index (χ0v) is 13.8. The van der Waals surface area contributed by atoms with E-state index in [1.54, 1.807) is 6.20 Å². The highest BCUT2D eigenvalue weighted by atomic mass is 16.1. The molecule has 0 N–H and O–H groups in total. The van der Waals surface area contributed by atoms with Gasteiger partial charge in [-0.25, -0.2) is 9.97 Å². The van der Waals surface area contributed by atoms with Crippen LogP contribution in [0, 0.1) is 11.8 Å². The molecule has 0 spiro atoms. The Morgan fingerprint density at radius 1 is 1.04 bits per heavy atom. The van der Waals surface area contributed by atoms with Gasteiger partial charge in [-0.2, -0.15) is 0 Å². The summed E-state index contributed by atoms with van der Waals surface area (Å²) in [5.74, 6) is 7.60. The maximum atomic E-state index is 12.9. The average molecular weight is 327 g/mol. The number of rotatable bonds is 0. The number of hydrogen-bond acceptors (Lipinski definition) is 3. The predicted molar refractivity (Wildman–Crippen MR) is 96.5 cm³/mol. The third-order valence-corrected chi connectivity index (χ3v) is 5.36. The molecule has 1 aliphatic carbocycles. The minimum absolute atomic E-state index is 0.110. The van der Waals surface area contributed by atoms with Gasteiger partial charge in [0.05, 0.1) is 10.9 Å². The molecule has 4 heteroatoms. The molecule has 3 aliphatic rings. The van der Waals surface area contributed by atoms with E-state index in [2.05, 4.69) is 16.8 Å². The first kappa shape index (κ1) is 14.4. The summed E-state index contributed by atoms with van der Waals surface area (Å²) in [6.45, 7) is 0. The number of pyridine rings is 1. The van der Waals surface area contributed by atoms with Crippen molar-refractivity contribution in [1.29, 1.82) is 0 Å². The third kappa shape index (κ3) is 2.35. The molecule has 1 aromatic carbocycles. The molecule has 0 atom stereocenters. The number of nitrogens with zero attached hydrogens (tertiary/aromatic N) is 3. The molecule has 0 radical (unpaired) electrons. The summed E-state index contributed by atoms with van der Waals surface area (Å²) in [6, 6.07) is 11.7. The van der Waals surface area contributed by atoms with Crippen LogP contribution in [0.5, 0.6) is 0 Å². The van der Waals surface area contributed by atoms with Crippen molar-refractivity contribution in [3.05, 3.63) is 70.0 Å². The van der Waals surface area contributed by atoms with E-state index in [-0.39, 0.29) is 5.56 Å². The van der Waals surface area contributed by atoms with Gasteiger partial charge < -0.3 is 0 Å². The highest BCUT2D eigenvalue weighted by Crippen LogP contribution is 2.43.